The number of benzene rings is 10. The van der Waals surface area contributed by atoms with Crippen LogP contribution < -0.4 is 4.90 Å². The van der Waals surface area contributed by atoms with Gasteiger partial charge in [-0.1, -0.05) is 172 Å². The van der Waals surface area contributed by atoms with Crippen LogP contribution in [0.3, 0.4) is 0 Å². The molecule has 302 valence electrons. The fourth-order valence-corrected chi connectivity index (χ4v) is 10.8. The monoisotopic (exact) mass is 818 g/mol. The maximum atomic E-state index is 7.04. The molecule has 64 heavy (non-hydrogen) atoms. The van der Waals surface area contributed by atoms with Crippen LogP contribution >= 0.6 is 0 Å². The number of para-hydroxylation sites is 4. The van der Waals surface area contributed by atoms with Crippen LogP contribution in [0.25, 0.3) is 93.6 Å². The number of rotatable bonds is 6. The summed E-state index contributed by atoms with van der Waals surface area (Å²) in [5.74, 6) is 0. The minimum atomic E-state index is -0.132. The standard InChI is InChI=1S/C61H42N2O/c1-61(2)51-27-10-5-23-45(51)46-34-33-40(38-52(46)61)44-22-6-11-28-53(44)63(54-31-16-18-39-17-3-4-21-43(39)54)57-36-35-50-49-26-9-14-32-58(49)64-60(50)59(57)41-19-15-20-42(37-41)62-55-29-12-7-24-47(55)48-25-8-13-30-56(48)62/h3-38H,1-2H3. The van der Waals surface area contributed by atoms with Gasteiger partial charge in [-0.3, -0.25) is 0 Å². The Labute approximate surface area is 371 Å². The molecule has 2 aromatic heterocycles. The molecule has 0 amide bonds. The van der Waals surface area contributed by atoms with Gasteiger partial charge in [-0.05, 0) is 99.4 Å². The van der Waals surface area contributed by atoms with Crippen molar-refractivity contribution >= 4 is 71.6 Å². The first kappa shape index (κ1) is 36.5. The number of hydrogen-bond donors (Lipinski definition) is 0. The van der Waals surface area contributed by atoms with Crippen molar-refractivity contribution in [2.75, 3.05) is 4.90 Å². The largest absolute Gasteiger partial charge is 0.455 e. The Kier molecular flexibility index (Phi) is 7.95. The summed E-state index contributed by atoms with van der Waals surface area (Å²) in [6, 6.07) is 79.7. The van der Waals surface area contributed by atoms with Gasteiger partial charge in [-0.15, -0.1) is 0 Å². The van der Waals surface area contributed by atoms with Crippen molar-refractivity contribution in [3.63, 3.8) is 0 Å². The molecule has 0 bridgehead atoms. The van der Waals surface area contributed by atoms with Gasteiger partial charge in [0.15, 0.2) is 0 Å². The van der Waals surface area contributed by atoms with Gasteiger partial charge in [-0.25, -0.2) is 0 Å². The zero-order chi connectivity index (χ0) is 42.5. The van der Waals surface area contributed by atoms with Crippen molar-refractivity contribution in [1.29, 1.82) is 0 Å². The fraction of sp³-hybridized carbons (Fsp3) is 0.0492. The van der Waals surface area contributed by atoms with Crippen LogP contribution in [0, 0.1) is 0 Å². The third-order valence-electron chi connectivity index (χ3n) is 13.8. The fourth-order valence-electron chi connectivity index (χ4n) is 10.8. The lowest BCUT2D eigenvalue weighted by Gasteiger charge is -2.31. The Bertz CT molecular complexity index is 3790. The van der Waals surface area contributed by atoms with Crippen LogP contribution in [0.2, 0.25) is 0 Å². The molecular formula is C61H42N2O. The number of nitrogens with zero attached hydrogens (tertiary/aromatic N) is 2. The lowest BCUT2D eigenvalue weighted by molar-refractivity contribution is 0.660. The molecule has 1 aliphatic rings. The summed E-state index contributed by atoms with van der Waals surface area (Å²) in [4.78, 5) is 2.49. The molecule has 0 saturated carbocycles. The van der Waals surface area contributed by atoms with Crippen LogP contribution in [0.5, 0.6) is 0 Å². The summed E-state index contributed by atoms with van der Waals surface area (Å²) in [7, 11) is 0. The maximum absolute atomic E-state index is 7.04. The molecular weight excluding hydrogens is 777 g/mol. The van der Waals surface area contributed by atoms with E-state index in [1.54, 1.807) is 0 Å². The molecule has 0 spiro atoms. The second-order valence-electron chi connectivity index (χ2n) is 17.6. The highest BCUT2D eigenvalue weighted by molar-refractivity contribution is 6.15. The highest BCUT2D eigenvalue weighted by Crippen LogP contribution is 2.53. The maximum Gasteiger partial charge on any atom is 0.145 e. The van der Waals surface area contributed by atoms with Crippen molar-refractivity contribution in [3.05, 3.63) is 230 Å². The molecule has 0 saturated heterocycles. The van der Waals surface area contributed by atoms with Crippen molar-refractivity contribution in [2.45, 2.75) is 19.3 Å². The summed E-state index contributed by atoms with van der Waals surface area (Å²) in [6.45, 7) is 4.72. The smallest absolute Gasteiger partial charge is 0.145 e. The second-order valence-corrected chi connectivity index (χ2v) is 17.6. The van der Waals surface area contributed by atoms with E-state index >= 15 is 0 Å². The van der Waals surface area contributed by atoms with Gasteiger partial charge in [-0.2, -0.15) is 0 Å². The zero-order valence-corrected chi connectivity index (χ0v) is 35.6. The van der Waals surface area contributed by atoms with Crippen LogP contribution in [-0.2, 0) is 5.41 Å². The molecule has 0 atom stereocenters. The molecule has 0 radical (unpaired) electrons. The molecule has 3 heteroatoms. The van der Waals surface area contributed by atoms with Crippen LogP contribution in [0.1, 0.15) is 25.0 Å². The highest BCUT2D eigenvalue weighted by Gasteiger charge is 2.35. The highest BCUT2D eigenvalue weighted by atomic mass is 16.3. The summed E-state index contributed by atoms with van der Waals surface area (Å²) in [5, 5.41) is 7.01. The third kappa shape index (κ3) is 5.34. The van der Waals surface area contributed by atoms with E-state index in [1.807, 2.05) is 0 Å². The van der Waals surface area contributed by atoms with Gasteiger partial charge in [0.1, 0.15) is 11.2 Å². The van der Waals surface area contributed by atoms with Gasteiger partial charge in [0.25, 0.3) is 0 Å². The molecule has 0 fully saturated rings. The van der Waals surface area contributed by atoms with Crippen LogP contribution in [-0.4, -0.2) is 4.57 Å². The Morgan fingerprint density at radius 1 is 0.406 bits per heavy atom. The van der Waals surface area contributed by atoms with Gasteiger partial charge < -0.3 is 13.9 Å². The lowest BCUT2D eigenvalue weighted by atomic mass is 9.81. The molecule has 0 N–H and O–H groups in total. The average molecular weight is 819 g/mol. The summed E-state index contributed by atoms with van der Waals surface area (Å²) < 4.78 is 9.45. The minimum absolute atomic E-state index is 0.132. The van der Waals surface area contributed by atoms with Gasteiger partial charge in [0.2, 0.25) is 0 Å². The van der Waals surface area contributed by atoms with Gasteiger partial charge >= 0.3 is 0 Å². The Morgan fingerprint density at radius 2 is 1.03 bits per heavy atom. The Balaban J connectivity index is 1.10. The van der Waals surface area contributed by atoms with E-state index in [0.29, 0.717) is 0 Å². The summed E-state index contributed by atoms with van der Waals surface area (Å²) >= 11 is 0. The molecule has 0 unspecified atom stereocenters. The van der Waals surface area contributed by atoms with Crippen molar-refractivity contribution < 1.29 is 4.42 Å². The third-order valence-corrected chi connectivity index (χ3v) is 13.8. The predicted molar refractivity (Wildman–Crippen MR) is 269 cm³/mol. The molecule has 3 nitrogen and oxygen atoms in total. The normalized spacial score (nSPS) is 13.0. The first-order chi connectivity index (χ1) is 31.5. The van der Waals surface area contributed by atoms with E-state index in [-0.39, 0.29) is 5.41 Å². The van der Waals surface area contributed by atoms with Gasteiger partial charge in [0, 0.05) is 49.2 Å². The SMILES string of the molecule is CC1(C)c2ccccc2-c2ccc(-c3ccccc3N(c3ccc4c(oc5ccccc54)c3-c3cccc(-n4c5ccccc5c5ccccc54)c3)c3cccc4ccccc34)cc21. The summed E-state index contributed by atoms with van der Waals surface area (Å²) in [5.41, 5.74) is 18.0. The van der Waals surface area contributed by atoms with E-state index in [1.165, 1.54) is 60.4 Å². The molecule has 0 aliphatic heterocycles. The first-order valence-corrected chi connectivity index (χ1v) is 22.2. The van der Waals surface area contributed by atoms with Crippen LogP contribution in [0.15, 0.2) is 223 Å². The first-order valence-electron chi connectivity index (χ1n) is 22.2. The molecule has 12 aromatic rings. The minimum Gasteiger partial charge on any atom is -0.455 e. The Hall–Kier alpha value is -8.14. The quantitative estimate of drug-likeness (QED) is 0.167. The van der Waals surface area contributed by atoms with E-state index in [9.17, 15) is 0 Å². The lowest BCUT2D eigenvalue weighted by Crippen LogP contribution is -2.15. The second kappa shape index (κ2) is 13.9. The Morgan fingerprint density at radius 3 is 1.86 bits per heavy atom. The van der Waals surface area contributed by atoms with Crippen molar-refractivity contribution in [1.82, 2.24) is 4.57 Å². The zero-order valence-electron chi connectivity index (χ0n) is 35.6. The number of hydrogen-bond acceptors (Lipinski definition) is 2. The summed E-state index contributed by atoms with van der Waals surface area (Å²) in [6.07, 6.45) is 0. The number of furan rings is 1. The van der Waals surface area contributed by atoms with Crippen molar-refractivity contribution in [3.8, 4) is 39.1 Å². The van der Waals surface area contributed by atoms with E-state index in [0.717, 1.165) is 61.4 Å². The number of anilines is 3. The van der Waals surface area contributed by atoms with E-state index in [4.69, 9.17) is 4.42 Å². The van der Waals surface area contributed by atoms with Gasteiger partial charge in [0.05, 0.1) is 28.1 Å². The predicted octanol–water partition coefficient (Wildman–Crippen LogP) is 16.9. The molecule has 1 aliphatic carbocycles. The van der Waals surface area contributed by atoms with E-state index in [2.05, 4.69) is 242 Å². The van der Waals surface area contributed by atoms with E-state index < -0.39 is 0 Å². The van der Waals surface area contributed by atoms with Crippen molar-refractivity contribution in [2.24, 2.45) is 0 Å². The molecule has 2 heterocycles. The molecule has 13 rings (SSSR count). The topological polar surface area (TPSA) is 21.3 Å². The average Bonchev–Trinajstić information content (AvgIpc) is 3.97. The molecule has 10 aromatic carbocycles. The number of aromatic nitrogens is 1. The number of fused-ring (bicyclic) bond motifs is 10. The van der Waals surface area contributed by atoms with Crippen LogP contribution in [0.4, 0.5) is 17.1 Å².